The van der Waals surface area contributed by atoms with Crippen LogP contribution in [0.2, 0.25) is 0 Å². The summed E-state index contributed by atoms with van der Waals surface area (Å²) in [4.78, 5) is 0. The van der Waals surface area contributed by atoms with E-state index in [4.69, 9.17) is 0 Å². The highest BCUT2D eigenvalue weighted by Gasteiger charge is 1.97. The second kappa shape index (κ2) is 42.2. The highest BCUT2D eigenvalue weighted by Crippen LogP contribution is 2.12. The molecule has 0 spiro atoms. The third-order valence-corrected chi connectivity index (χ3v) is 6.29. The van der Waals surface area contributed by atoms with E-state index in [0.717, 1.165) is 43.4 Å². The average Bonchev–Trinajstić information content (AvgIpc) is 3.06. The van der Waals surface area contributed by atoms with Crippen LogP contribution in [0, 0.1) is 136 Å². The van der Waals surface area contributed by atoms with Crippen LogP contribution in [-0.2, 0) is 0 Å². The molecule has 238 valence electrons. The fourth-order valence-corrected chi connectivity index (χ4v) is 3.11. The second-order valence-electron chi connectivity index (χ2n) is 10.4. The highest BCUT2D eigenvalue weighted by molar-refractivity contribution is 5.40. The summed E-state index contributed by atoms with van der Waals surface area (Å²) in [5.41, 5.74) is 0. The average molecular weight is 607 g/mol. The van der Waals surface area contributed by atoms with Gasteiger partial charge < -0.3 is 0 Å². The molecule has 0 aromatic carbocycles. The maximum atomic E-state index is 3.01. The summed E-state index contributed by atoms with van der Waals surface area (Å²) in [6.07, 6.45) is 19.8. The van der Waals surface area contributed by atoms with E-state index in [9.17, 15) is 0 Å². The van der Waals surface area contributed by atoms with E-state index < -0.39 is 0 Å². The van der Waals surface area contributed by atoms with Crippen molar-refractivity contribution in [2.45, 2.75) is 127 Å². The molecular formula is C46H54. The molecule has 46 heavy (non-hydrogen) atoms. The molecule has 0 rings (SSSR count). The molecule has 0 saturated heterocycles. The van der Waals surface area contributed by atoms with Gasteiger partial charge in [0.05, 0.1) is 0 Å². The molecule has 0 nitrogen and oxygen atoms in total. The highest BCUT2D eigenvalue weighted by atomic mass is 14.0. The van der Waals surface area contributed by atoms with Gasteiger partial charge in [-0.3, -0.25) is 0 Å². The Labute approximate surface area is 286 Å². The van der Waals surface area contributed by atoms with E-state index in [-0.39, 0.29) is 0 Å². The van der Waals surface area contributed by atoms with Crippen LogP contribution in [0.5, 0.6) is 0 Å². The Balaban J connectivity index is -0.000000603. The van der Waals surface area contributed by atoms with Crippen molar-refractivity contribution in [3.63, 3.8) is 0 Å². The minimum Gasteiger partial charge on any atom is -0.0925 e. The smallest absolute Gasteiger partial charge is 0.0101 e. The lowest BCUT2D eigenvalue weighted by atomic mass is 10.0. The van der Waals surface area contributed by atoms with E-state index >= 15 is 0 Å². The van der Waals surface area contributed by atoms with Crippen LogP contribution in [0.4, 0.5) is 0 Å². The molecule has 3 unspecified atom stereocenters. The quantitative estimate of drug-likeness (QED) is 0.194. The summed E-state index contributed by atoms with van der Waals surface area (Å²) >= 11 is 0. The van der Waals surface area contributed by atoms with Crippen LogP contribution < -0.4 is 0 Å². The van der Waals surface area contributed by atoms with Crippen molar-refractivity contribution in [2.75, 3.05) is 0 Å². The standard InChI is InChI=1S/C16H20.C15H18.C15H16/c1-4-6-7-8-9-10-11-12-13-15-16(3)14-5-2;2*1-4-6-7-8-9-10-11-12-13-14-15(3)5-2/h11-12,16H,5,13-15H2,1-3H3;11-12,15H,5,13-14H2,1-3H3;15H,5,13-14H2,1-3H3/b2*12-11+;. The number of hydrogen-bond acceptors (Lipinski definition) is 0. The van der Waals surface area contributed by atoms with Gasteiger partial charge in [0.15, 0.2) is 0 Å². The van der Waals surface area contributed by atoms with Crippen molar-refractivity contribution in [1.82, 2.24) is 0 Å². The fourth-order valence-electron chi connectivity index (χ4n) is 3.11. The monoisotopic (exact) mass is 606 g/mol. The van der Waals surface area contributed by atoms with Gasteiger partial charge in [-0.2, -0.15) is 0 Å². The molecule has 0 aliphatic heterocycles. The molecular weight excluding hydrogens is 553 g/mol. The van der Waals surface area contributed by atoms with Gasteiger partial charge >= 0.3 is 0 Å². The summed E-state index contributed by atoms with van der Waals surface area (Å²) in [6.45, 7) is 18.7. The Kier molecular flexibility index (Phi) is 41.8. The van der Waals surface area contributed by atoms with E-state index in [1.165, 1.54) is 38.5 Å². The van der Waals surface area contributed by atoms with Crippen molar-refractivity contribution < 1.29 is 0 Å². The molecule has 0 heterocycles. The Hall–Kier alpha value is -4.92. The lowest BCUT2D eigenvalue weighted by Gasteiger charge is -2.06. The summed E-state index contributed by atoms with van der Waals surface area (Å²) in [7, 11) is 0. The summed E-state index contributed by atoms with van der Waals surface area (Å²) in [5.74, 6) is 56.5. The molecule has 0 radical (unpaired) electrons. The first kappa shape index (κ1) is 45.5. The summed E-state index contributed by atoms with van der Waals surface area (Å²) < 4.78 is 0. The molecule has 0 heteroatoms. The first-order valence-corrected chi connectivity index (χ1v) is 16.5. The van der Waals surface area contributed by atoms with Gasteiger partial charge in [-0.1, -0.05) is 115 Å². The van der Waals surface area contributed by atoms with Crippen LogP contribution in [-0.4, -0.2) is 0 Å². The zero-order chi connectivity index (χ0) is 34.8. The van der Waals surface area contributed by atoms with Crippen LogP contribution in [0.1, 0.15) is 127 Å². The number of allylic oxidation sites excluding steroid dienone is 4. The van der Waals surface area contributed by atoms with Gasteiger partial charge in [0, 0.05) is 6.42 Å². The first-order chi connectivity index (χ1) is 22.4. The minimum atomic E-state index is 0.756. The molecule has 3 atom stereocenters. The first-order valence-electron chi connectivity index (χ1n) is 16.5. The third kappa shape index (κ3) is 46.0. The van der Waals surface area contributed by atoms with Crippen molar-refractivity contribution in [3.05, 3.63) is 24.3 Å². The maximum Gasteiger partial charge on any atom is 0.0101 e. The number of hydrogen-bond donors (Lipinski definition) is 0. The maximum absolute atomic E-state index is 3.01. The van der Waals surface area contributed by atoms with E-state index in [0.29, 0.717) is 0 Å². The third-order valence-electron chi connectivity index (χ3n) is 6.29. The Morgan fingerprint density at radius 3 is 1.26 bits per heavy atom. The predicted octanol–water partition coefficient (Wildman–Crippen LogP) is 10.0. The van der Waals surface area contributed by atoms with Crippen molar-refractivity contribution in [2.24, 2.45) is 17.8 Å². The van der Waals surface area contributed by atoms with Gasteiger partial charge in [-0.15, -0.1) is 0 Å². The van der Waals surface area contributed by atoms with Gasteiger partial charge in [0.1, 0.15) is 0 Å². The van der Waals surface area contributed by atoms with E-state index in [1.807, 2.05) is 12.2 Å². The van der Waals surface area contributed by atoms with Gasteiger partial charge in [-0.25, -0.2) is 0 Å². The fraction of sp³-hybridized carbons (Fsp3) is 0.478. The van der Waals surface area contributed by atoms with E-state index in [1.54, 1.807) is 20.8 Å². The Bertz CT molecular complexity index is 1490. The van der Waals surface area contributed by atoms with Gasteiger partial charge in [0.2, 0.25) is 0 Å². The van der Waals surface area contributed by atoms with Crippen molar-refractivity contribution in [3.8, 4) is 118 Å². The molecule has 0 aromatic rings. The molecule has 0 aromatic heterocycles. The lowest BCUT2D eigenvalue weighted by molar-refractivity contribution is 0.491. The van der Waals surface area contributed by atoms with Crippen LogP contribution in [0.3, 0.4) is 0 Å². The van der Waals surface area contributed by atoms with Crippen molar-refractivity contribution in [1.29, 1.82) is 0 Å². The Morgan fingerprint density at radius 1 is 0.435 bits per heavy atom. The summed E-state index contributed by atoms with van der Waals surface area (Å²) in [6, 6.07) is 0. The van der Waals surface area contributed by atoms with Crippen molar-refractivity contribution >= 4 is 0 Å². The molecule has 0 bridgehead atoms. The second-order valence-corrected chi connectivity index (χ2v) is 10.4. The van der Waals surface area contributed by atoms with Gasteiger partial charge in [0.25, 0.3) is 0 Å². The molecule has 0 amide bonds. The van der Waals surface area contributed by atoms with Crippen LogP contribution in [0.15, 0.2) is 24.3 Å². The normalized spacial score (nSPS) is 9.85. The minimum absolute atomic E-state index is 0.756. The topological polar surface area (TPSA) is 0 Å². The van der Waals surface area contributed by atoms with Crippen LogP contribution >= 0.6 is 0 Å². The zero-order valence-corrected chi connectivity index (χ0v) is 30.1. The van der Waals surface area contributed by atoms with E-state index in [2.05, 4.69) is 172 Å². The Morgan fingerprint density at radius 2 is 0.826 bits per heavy atom. The molecule has 0 N–H and O–H groups in total. The van der Waals surface area contributed by atoms with Crippen LogP contribution in [0.25, 0.3) is 0 Å². The zero-order valence-electron chi connectivity index (χ0n) is 30.1. The largest absolute Gasteiger partial charge is 0.0925 e. The predicted molar refractivity (Wildman–Crippen MR) is 204 cm³/mol. The molecule has 0 saturated carbocycles. The SMILES string of the molecule is CC#CC#CC#C/C=C/CCC(C)CC.CC#CC#CC#C/C=C/CCC(C)CCC.CC#CC#CC#CC#CCCC(C)CC. The van der Waals surface area contributed by atoms with Gasteiger partial charge in [-0.05, 0) is 166 Å². The molecule has 0 aliphatic rings. The molecule has 0 aliphatic carbocycles. The number of rotatable bonds is 12. The summed E-state index contributed by atoms with van der Waals surface area (Å²) in [5, 5.41) is 0. The lowest BCUT2D eigenvalue weighted by Crippen LogP contribution is -1.91. The molecule has 0 fully saturated rings.